The molecule has 1 aliphatic heterocycles. The third-order valence-electron chi connectivity index (χ3n) is 5.79. The molecule has 2 unspecified atom stereocenters. The van der Waals surface area contributed by atoms with Gasteiger partial charge in [0.15, 0.2) is 0 Å². The molecule has 1 saturated carbocycles. The summed E-state index contributed by atoms with van der Waals surface area (Å²) in [5, 5.41) is 0. The van der Waals surface area contributed by atoms with Crippen LogP contribution in [0.1, 0.15) is 82.7 Å². The lowest BCUT2D eigenvalue weighted by Crippen LogP contribution is -2.41. The molecule has 2 atom stereocenters. The second-order valence-corrected chi connectivity index (χ2v) is 7.38. The van der Waals surface area contributed by atoms with Gasteiger partial charge in [-0.1, -0.05) is 69.4 Å². The Morgan fingerprint density at radius 1 is 1.04 bits per heavy atom. The van der Waals surface area contributed by atoms with E-state index >= 15 is 0 Å². The fraction of sp³-hybridized carbons (Fsp3) is 0.667. The first-order chi connectivity index (χ1) is 11.3. The van der Waals surface area contributed by atoms with Crippen molar-refractivity contribution in [2.24, 2.45) is 5.92 Å². The minimum Gasteiger partial charge on any atom is -0.332 e. The maximum absolute atomic E-state index is 13.3. The quantitative estimate of drug-likeness (QED) is 0.704. The Morgan fingerprint density at radius 3 is 2.48 bits per heavy atom. The van der Waals surface area contributed by atoms with Gasteiger partial charge in [0.1, 0.15) is 0 Å². The molecule has 2 nitrogen and oxygen atoms in total. The van der Waals surface area contributed by atoms with Crippen LogP contribution in [0.25, 0.3) is 0 Å². The van der Waals surface area contributed by atoms with Crippen LogP contribution in [0.4, 0.5) is 0 Å². The van der Waals surface area contributed by atoms with Crippen LogP contribution in [-0.2, 0) is 4.79 Å². The molecule has 0 N–H and O–H groups in total. The van der Waals surface area contributed by atoms with Gasteiger partial charge < -0.3 is 4.90 Å². The average Bonchev–Trinajstić information content (AvgIpc) is 3.04. The number of amides is 1. The largest absolute Gasteiger partial charge is 0.332 e. The number of hydrogen-bond donors (Lipinski definition) is 0. The van der Waals surface area contributed by atoms with E-state index in [9.17, 15) is 4.79 Å². The molecule has 2 fully saturated rings. The Hall–Kier alpha value is -1.31. The highest BCUT2D eigenvalue weighted by Gasteiger charge is 2.39. The minimum absolute atomic E-state index is 0.289. The molecule has 1 heterocycles. The lowest BCUT2D eigenvalue weighted by Gasteiger charge is -2.35. The molecule has 126 valence electrons. The van der Waals surface area contributed by atoms with Crippen molar-refractivity contribution >= 4 is 5.91 Å². The molecule has 1 aromatic carbocycles. The van der Waals surface area contributed by atoms with E-state index in [0.29, 0.717) is 18.0 Å². The van der Waals surface area contributed by atoms with Crippen molar-refractivity contribution in [1.82, 2.24) is 4.90 Å². The fourth-order valence-electron chi connectivity index (χ4n) is 4.50. The van der Waals surface area contributed by atoms with Crippen LogP contribution >= 0.6 is 0 Å². The number of carbonyl (C=O) groups excluding carboxylic acids is 1. The van der Waals surface area contributed by atoms with Crippen molar-refractivity contribution in [1.29, 1.82) is 0 Å². The number of unbranched alkanes of at least 4 members (excludes halogenated alkanes) is 1. The van der Waals surface area contributed by atoms with E-state index in [1.807, 2.05) is 0 Å². The van der Waals surface area contributed by atoms with Crippen molar-refractivity contribution in [3.63, 3.8) is 0 Å². The molecule has 0 radical (unpaired) electrons. The van der Waals surface area contributed by atoms with E-state index in [1.54, 1.807) is 0 Å². The fourth-order valence-corrected chi connectivity index (χ4v) is 4.50. The number of hydrogen-bond acceptors (Lipinski definition) is 1. The van der Waals surface area contributed by atoms with E-state index < -0.39 is 0 Å². The molecule has 1 aromatic rings. The van der Waals surface area contributed by atoms with Gasteiger partial charge in [0.25, 0.3) is 0 Å². The third-order valence-corrected chi connectivity index (χ3v) is 5.79. The topological polar surface area (TPSA) is 20.3 Å². The summed E-state index contributed by atoms with van der Waals surface area (Å²) in [5.41, 5.74) is 1.33. The highest BCUT2D eigenvalue weighted by Crippen LogP contribution is 2.40. The molecule has 0 spiro atoms. The summed E-state index contributed by atoms with van der Waals surface area (Å²) >= 11 is 0. The van der Waals surface area contributed by atoms with Crippen molar-refractivity contribution in [3.05, 3.63) is 35.9 Å². The monoisotopic (exact) mass is 313 g/mol. The van der Waals surface area contributed by atoms with Crippen LogP contribution in [0, 0.1) is 5.92 Å². The molecule has 1 saturated heterocycles. The van der Waals surface area contributed by atoms with Gasteiger partial charge in [0.2, 0.25) is 5.91 Å². The van der Waals surface area contributed by atoms with Gasteiger partial charge in [0.05, 0.1) is 6.04 Å². The maximum Gasteiger partial charge on any atom is 0.226 e. The number of rotatable bonds is 5. The first-order valence-electron chi connectivity index (χ1n) is 9.68. The lowest BCUT2D eigenvalue weighted by molar-refractivity contribution is -0.140. The number of carbonyl (C=O) groups is 1. The molecular formula is C21H31NO. The van der Waals surface area contributed by atoms with Crippen molar-refractivity contribution in [2.75, 3.05) is 0 Å². The maximum atomic E-state index is 13.3. The van der Waals surface area contributed by atoms with Crippen molar-refractivity contribution in [2.45, 2.75) is 83.2 Å². The number of nitrogens with zero attached hydrogens (tertiary/aromatic N) is 1. The summed E-state index contributed by atoms with van der Waals surface area (Å²) in [4.78, 5) is 15.6. The average molecular weight is 313 g/mol. The number of likely N-dealkylation sites (tertiary alicyclic amines) is 1. The van der Waals surface area contributed by atoms with Crippen LogP contribution in [0.15, 0.2) is 30.3 Å². The predicted molar refractivity (Wildman–Crippen MR) is 95.2 cm³/mol. The molecule has 0 bridgehead atoms. The summed E-state index contributed by atoms with van der Waals surface area (Å²) in [7, 11) is 0. The Bertz CT molecular complexity index is 492. The van der Waals surface area contributed by atoms with Gasteiger partial charge in [-0.2, -0.15) is 0 Å². The van der Waals surface area contributed by atoms with Crippen LogP contribution in [-0.4, -0.2) is 16.8 Å². The van der Waals surface area contributed by atoms with E-state index in [-0.39, 0.29) is 5.92 Å². The van der Waals surface area contributed by atoms with Crippen LogP contribution in [0.5, 0.6) is 0 Å². The third kappa shape index (κ3) is 3.79. The van der Waals surface area contributed by atoms with Crippen molar-refractivity contribution < 1.29 is 4.79 Å². The summed E-state index contributed by atoms with van der Waals surface area (Å²) in [6.45, 7) is 2.25. The molecule has 2 aliphatic rings. The number of benzene rings is 1. The van der Waals surface area contributed by atoms with Crippen LogP contribution < -0.4 is 0 Å². The molecule has 0 aromatic heterocycles. The van der Waals surface area contributed by atoms with Gasteiger partial charge in [-0.3, -0.25) is 4.79 Å². The van der Waals surface area contributed by atoms with Gasteiger partial charge >= 0.3 is 0 Å². The normalized spacial score (nSPS) is 25.7. The second-order valence-electron chi connectivity index (χ2n) is 7.38. The molecule has 1 amide bonds. The van der Waals surface area contributed by atoms with Gasteiger partial charge in [-0.05, 0) is 37.7 Å². The Balaban J connectivity index is 1.79. The first kappa shape index (κ1) is 16.5. The molecule has 23 heavy (non-hydrogen) atoms. The molecule has 3 rings (SSSR count). The van der Waals surface area contributed by atoms with Gasteiger partial charge in [0, 0.05) is 12.0 Å². The van der Waals surface area contributed by atoms with Crippen molar-refractivity contribution in [3.8, 4) is 0 Å². The van der Waals surface area contributed by atoms with E-state index in [0.717, 1.165) is 19.3 Å². The second kappa shape index (κ2) is 7.99. The smallest absolute Gasteiger partial charge is 0.226 e. The zero-order chi connectivity index (χ0) is 16.1. The molecular weight excluding hydrogens is 282 g/mol. The predicted octanol–water partition coefficient (Wildman–Crippen LogP) is 5.49. The minimum atomic E-state index is 0.289. The van der Waals surface area contributed by atoms with Gasteiger partial charge in [-0.25, -0.2) is 0 Å². The van der Waals surface area contributed by atoms with Crippen LogP contribution in [0.2, 0.25) is 0 Å². The molecule has 1 aliphatic carbocycles. The highest BCUT2D eigenvalue weighted by atomic mass is 16.2. The van der Waals surface area contributed by atoms with E-state index in [2.05, 4.69) is 42.2 Å². The SMILES string of the molecule is CCCCC1CCC(c2ccccc2)N1C(=O)C1CCCCC1. The van der Waals surface area contributed by atoms with Crippen LogP contribution in [0.3, 0.4) is 0 Å². The summed E-state index contributed by atoms with van der Waals surface area (Å²) in [6, 6.07) is 11.5. The lowest BCUT2D eigenvalue weighted by atomic mass is 9.87. The Kier molecular flexibility index (Phi) is 5.75. The summed E-state index contributed by atoms with van der Waals surface area (Å²) in [6.07, 6.45) is 11.9. The Labute approximate surface area is 141 Å². The first-order valence-corrected chi connectivity index (χ1v) is 9.68. The summed E-state index contributed by atoms with van der Waals surface area (Å²) < 4.78 is 0. The Morgan fingerprint density at radius 2 is 1.78 bits per heavy atom. The zero-order valence-electron chi connectivity index (χ0n) is 14.5. The van der Waals surface area contributed by atoms with Gasteiger partial charge in [-0.15, -0.1) is 0 Å². The van der Waals surface area contributed by atoms with E-state index in [1.165, 1.54) is 50.5 Å². The zero-order valence-corrected chi connectivity index (χ0v) is 14.5. The standard InChI is InChI=1S/C21H31NO/c1-2-3-14-19-15-16-20(17-10-6-4-7-11-17)22(19)21(23)18-12-8-5-9-13-18/h4,6-7,10-11,18-20H,2-3,5,8-9,12-16H2,1H3. The summed E-state index contributed by atoms with van der Waals surface area (Å²) in [5.74, 6) is 0.745. The molecule has 2 heteroatoms. The highest BCUT2D eigenvalue weighted by molar-refractivity contribution is 5.80. The van der Waals surface area contributed by atoms with E-state index in [4.69, 9.17) is 0 Å².